The number of methoxy groups -OCH3 is 1. The van der Waals surface area contributed by atoms with Crippen molar-refractivity contribution < 1.29 is 42.7 Å². The molecule has 216 valence electrons. The molecule has 0 saturated carbocycles. The monoisotopic (exact) mass is 546 g/mol. The maximum atomic E-state index is 12.3. The second-order valence-electron chi connectivity index (χ2n) is 11.5. The highest BCUT2D eigenvalue weighted by Gasteiger charge is 2.65. The fourth-order valence-electron chi connectivity index (χ4n) is 5.52. The summed E-state index contributed by atoms with van der Waals surface area (Å²) in [4.78, 5) is 24.5. The van der Waals surface area contributed by atoms with Crippen molar-refractivity contribution in [2.24, 2.45) is 5.41 Å². The normalized spacial score (nSPS) is 34.2. The van der Waals surface area contributed by atoms with E-state index in [-0.39, 0.29) is 24.8 Å². The number of benzene rings is 1. The Kier molecular flexibility index (Phi) is 9.70. The van der Waals surface area contributed by atoms with Crippen LogP contribution in [0.2, 0.25) is 0 Å². The number of fused-ring (bicyclic) bond motifs is 2. The minimum atomic E-state index is -1.15. The first kappa shape index (κ1) is 29.9. The Morgan fingerprint density at radius 2 is 1.87 bits per heavy atom. The van der Waals surface area contributed by atoms with E-state index in [0.29, 0.717) is 32.3 Å². The van der Waals surface area contributed by atoms with Gasteiger partial charge in [0, 0.05) is 26.9 Å². The molecule has 3 saturated heterocycles. The molecule has 1 unspecified atom stereocenters. The van der Waals surface area contributed by atoms with Gasteiger partial charge >= 0.3 is 11.9 Å². The first-order chi connectivity index (χ1) is 18.6. The maximum absolute atomic E-state index is 12.3. The Morgan fingerprint density at radius 3 is 2.51 bits per heavy atom. The molecule has 0 aromatic heterocycles. The zero-order chi connectivity index (χ0) is 28.2. The van der Waals surface area contributed by atoms with E-state index in [4.69, 9.17) is 33.2 Å². The summed E-state index contributed by atoms with van der Waals surface area (Å²) < 4.78 is 43.3. The minimum absolute atomic E-state index is 0.228. The molecule has 9 nitrogen and oxygen atoms in total. The lowest BCUT2D eigenvalue weighted by molar-refractivity contribution is -0.383. The van der Waals surface area contributed by atoms with Crippen LogP contribution in [0.25, 0.3) is 0 Å². The largest absolute Gasteiger partial charge is 0.465 e. The van der Waals surface area contributed by atoms with E-state index in [9.17, 15) is 9.59 Å². The number of ether oxygens (including phenoxy) is 7. The summed E-state index contributed by atoms with van der Waals surface area (Å²) in [5.41, 5.74) is 0.451. The lowest BCUT2D eigenvalue weighted by atomic mass is 9.84. The van der Waals surface area contributed by atoms with Crippen LogP contribution in [0.5, 0.6) is 0 Å². The van der Waals surface area contributed by atoms with Crippen LogP contribution in [0.1, 0.15) is 58.9 Å². The van der Waals surface area contributed by atoms with Gasteiger partial charge in [-0.05, 0) is 52.5 Å². The molecule has 0 aliphatic carbocycles. The van der Waals surface area contributed by atoms with Gasteiger partial charge in [-0.15, -0.1) is 0 Å². The third-order valence-electron chi connectivity index (χ3n) is 7.51. The topological polar surface area (TPSA) is 98.8 Å². The number of carbonyl (C=O) groups is 2. The van der Waals surface area contributed by atoms with E-state index >= 15 is 0 Å². The molecule has 3 fully saturated rings. The van der Waals surface area contributed by atoms with Crippen molar-refractivity contribution in [3.63, 3.8) is 0 Å². The molecule has 4 rings (SSSR count). The molecule has 9 heteroatoms. The van der Waals surface area contributed by atoms with Crippen LogP contribution >= 0.6 is 0 Å². The van der Waals surface area contributed by atoms with Crippen LogP contribution in [-0.2, 0) is 49.4 Å². The third kappa shape index (κ3) is 6.82. The van der Waals surface area contributed by atoms with Crippen LogP contribution < -0.4 is 0 Å². The lowest BCUT2D eigenvalue weighted by Crippen LogP contribution is -2.69. The first-order valence-electron chi connectivity index (χ1n) is 13.7. The van der Waals surface area contributed by atoms with Gasteiger partial charge in [-0.25, -0.2) is 0 Å². The summed E-state index contributed by atoms with van der Waals surface area (Å²) in [5.74, 6) is -1.87. The van der Waals surface area contributed by atoms with Crippen molar-refractivity contribution in [3.8, 4) is 0 Å². The molecule has 3 aliphatic rings. The van der Waals surface area contributed by atoms with Crippen molar-refractivity contribution >= 4 is 11.9 Å². The van der Waals surface area contributed by atoms with Gasteiger partial charge in [-0.1, -0.05) is 30.3 Å². The van der Waals surface area contributed by atoms with E-state index in [1.54, 1.807) is 13.5 Å². The van der Waals surface area contributed by atoms with Crippen molar-refractivity contribution in [2.45, 2.75) is 108 Å². The first-order valence-corrected chi connectivity index (χ1v) is 13.7. The summed E-state index contributed by atoms with van der Waals surface area (Å²) in [6.45, 7) is 11.3. The van der Waals surface area contributed by atoms with Crippen LogP contribution in [-0.4, -0.2) is 74.2 Å². The van der Waals surface area contributed by atoms with Gasteiger partial charge in [0.2, 0.25) is 0 Å². The molecule has 1 aromatic rings. The van der Waals surface area contributed by atoms with Crippen LogP contribution in [0.15, 0.2) is 30.3 Å². The number of hydrogen-bond acceptors (Lipinski definition) is 9. The summed E-state index contributed by atoms with van der Waals surface area (Å²) in [6, 6.07) is 9.89. The van der Waals surface area contributed by atoms with Crippen molar-refractivity contribution in [1.29, 1.82) is 0 Å². The smallest absolute Gasteiger partial charge is 0.311 e. The molecule has 3 aliphatic heterocycles. The van der Waals surface area contributed by atoms with Gasteiger partial charge in [0.15, 0.2) is 18.0 Å². The molecule has 3 heterocycles. The highest BCUT2D eigenvalue weighted by atomic mass is 16.8. The Hall–Kier alpha value is -2.04. The molecule has 8 atom stereocenters. The number of esters is 2. The van der Waals surface area contributed by atoms with E-state index < -0.39 is 47.7 Å². The average Bonchev–Trinajstić information content (AvgIpc) is 3.23. The van der Waals surface area contributed by atoms with Gasteiger partial charge in [0.1, 0.15) is 18.3 Å². The molecular weight excluding hydrogens is 504 g/mol. The quantitative estimate of drug-likeness (QED) is 0.404. The molecule has 0 amide bonds. The summed E-state index contributed by atoms with van der Waals surface area (Å²) in [6.07, 6.45) is 0.246. The van der Waals surface area contributed by atoms with Crippen LogP contribution in [0.3, 0.4) is 0 Å². The summed E-state index contributed by atoms with van der Waals surface area (Å²) in [5, 5.41) is 0. The zero-order valence-electron chi connectivity index (χ0n) is 23.6. The molecule has 0 bridgehead atoms. The fraction of sp³-hybridized carbons (Fsp3) is 0.667. The Balaban J connectivity index is 1.53. The standard InChI is InChI=1S/C30H42O9/c1-7-11-22-23(35-18-20-12-9-8-10-13-20)25-24(38-22)26(36-19(2)31)27-30(33-6,39-25)16-14-21(37-27)15-17-34-28(32)29(3,4)5/h7-10,12-13,21-27H,1,11,14-18H2,2-6H3/t21-,22-,23+,24-,25+,26+,27-,30?/m1/s1. The maximum Gasteiger partial charge on any atom is 0.311 e. The number of carbonyl (C=O) groups excluding carboxylic acids is 2. The van der Waals surface area contributed by atoms with E-state index in [1.165, 1.54) is 6.92 Å². The second kappa shape index (κ2) is 12.6. The molecule has 2 radical (unpaired) electrons. The molecule has 0 N–H and O–H groups in total. The zero-order valence-corrected chi connectivity index (χ0v) is 23.6. The Labute approximate surface area is 231 Å². The molecule has 1 aromatic carbocycles. The van der Waals surface area contributed by atoms with Gasteiger partial charge in [-0.3, -0.25) is 9.59 Å². The van der Waals surface area contributed by atoms with Gasteiger partial charge < -0.3 is 33.2 Å². The predicted molar refractivity (Wildman–Crippen MR) is 141 cm³/mol. The Morgan fingerprint density at radius 1 is 1.13 bits per heavy atom. The van der Waals surface area contributed by atoms with E-state index in [1.807, 2.05) is 51.1 Å². The van der Waals surface area contributed by atoms with Crippen LogP contribution in [0, 0.1) is 18.8 Å². The molecule has 39 heavy (non-hydrogen) atoms. The van der Waals surface area contributed by atoms with Crippen molar-refractivity contribution in [3.05, 3.63) is 49.2 Å². The third-order valence-corrected chi connectivity index (χ3v) is 7.51. The second-order valence-corrected chi connectivity index (χ2v) is 11.5. The fourth-order valence-corrected chi connectivity index (χ4v) is 5.52. The van der Waals surface area contributed by atoms with Crippen LogP contribution in [0.4, 0.5) is 0 Å². The highest BCUT2D eigenvalue weighted by Crippen LogP contribution is 2.47. The van der Waals surface area contributed by atoms with Crippen molar-refractivity contribution in [1.82, 2.24) is 0 Å². The minimum Gasteiger partial charge on any atom is -0.465 e. The van der Waals surface area contributed by atoms with E-state index in [2.05, 4.69) is 6.92 Å². The summed E-state index contributed by atoms with van der Waals surface area (Å²) in [7, 11) is 1.57. The summed E-state index contributed by atoms with van der Waals surface area (Å²) >= 11 is 0. The average molecular weight is 547 g/mol. The highest BCUT2D eigenvalue weighted by molar-refractivity contribution is 5.75. The van der Waals surface area contributed by atoms with Gasteiger partial charge in [0.25, 0.3) is 0 Å². The van der Waals surface area contributed by atoms with E-state index in [0.717, 1.165) is 5.56 Å². The SMILES string of the molecule is [CH2][CH]C[C@H]1O[C@@H]2[C@@H](OC3(OC)CC[C@H](CCOC(=O)C(C)(C)C)O[C@@H]3[C@H]2OC(C)=O)[C@H]1OCc1ccccc1. The molecular formula is C30H42O9. The molecule has 0 spiro atoms. The number of rotatable bonds is 10. The lowest BCUT2D eigenvalue weighted by Gasteiger charge is -2.53. The van der Waals surface area contributed by atoms with Crippen molar-refractivity contribution in [2.75, 3.05) is 13.7 Å². The predicted octanol–water partition coefficient (Wildman–Crippen LogP) is 3.97. The Bertz CT molecular complexity index is 961. The van der Waals surface area contributed by atoms with Gasteiger partial charge in [-0.2, -0.15) is 0 Å². The van der Waals surface area contributed by atoms with Gasteiger partial charge in [0.05, 0.1) is 30.8 Å². The number of hydrogen-bond donors (Lipinski definition) is 0.